The van der Waals surface area contributed by atoms with Gasteiger partial charge in [-0.1, -0.05) is 30.3 Å². The van der Waals surface area contributed by atoms with Crippen LogP contribution in [0.25, 0.3) is 11.0 Å². The maximum Gasteiger partial charge on any atom is 0.291 e. The average molecular weight is 335 g/mol. The Morgan fingerprint density at radius 3 is 2.72 bits per heavy atom. The minimum Gasteiger partial charge on any atom is -0.450 e. The van der Waals surface area contributed by atoms with Crippen molar-refractivity contribution < 1.29 is 13.6 Å². The van der Waals surface area contributed by atoms with Crippen LogP contribution >= 0.6 is 0 Å². The number of para-hydroxylation sites is 1. The summed E-state index contributed by atoms with van der Waals surface area (Å²) in [4.78, 5) is 27.3. The van der Waals surface area contributed by atoms with Crippen LogP contribution in [0.4, 0.5) is 4.39 Å². The molecular formula is C20H14FNO3. The maximum absolute atomic E-state index is 13.7. The van der Waals surface area contributed by atoms with E-state index in [0.29, 0.717) is 16.5 Å². The quantitative estimate of drug-likeness (QED) is 0.686. The second-order valence-electron chi connectivity index (χ2n) is 5.87. The molecule has 0 spiro atoms. The summed E-state index contributed by atoms with van der Waals surface area (Å²) in [7, 11) is 0. The van der Waals surface area contributed by atoms with Gasteiger partial charge in [0.05, 0.1) is 17.0 Å². The van der Waals surface area contributed by atoms with Gasteiger partial charge in [0.25, 0.3) is 5.91 Å². The zero-order chi connectivity index (χ0) is 17.6. The van der Waals surface area contributed by atoms with E-state index in [9.17, 15) is 14.0 Å². The molecule has 124 valence electrons. The van der Waals surface area contributed by atoms with E-state index < -0.39 is 17.8 Å². The van der Waals surface area contributed by atoms with Gasteiger partial charge in [-0.05, 0) is 29.8 Å². The molecule has 0 unspecified atom stereocenters. The van der Waals surface area contributed by atoms with E-state index in [1.165, 1.54) is 17.0 Å². The van der Waals surface area contributed by atoms with Crippen LogP contribution in [-0.4, -0.2) is 17.4 Å². The number of rotatable bonds is 3. The molecule has 5 heteroatoms. The summed E-state index contributed by atoms with van der Waals surface area (Å²) in [6.07, 6.45) is 1.57. The van der Waals surface area contributed by atoms with Crippen molar-refractivity contribution in [3.63, 3.8) is 0 Å². The number of fused-ring (bicyclic) bond motifs is 2. The molecule has 1 aliphatic heterocycles. The summed E-state index contributed by atoms with van der Waals surface area (Å²) in [6.45, 7) is 3.89. The number of benzene rings is 2. The van der Waals surface area contributed by atoms with Crippen molar-refractivity contribution in [2.45, 2.75) is 6.04 Å². The van der Waals surface area contributed by atoms with Crippen molar-refractivity contribution in [2.24, 2.45) is 0 Å². The van der Waals surface area contributed by atoms with Crippen molar-refractivity contribution in [3.8, 4) is 0 Å². The number of hydrogen-bond donors (Lipinski definition) is 0. The molecule has 0 aliphatic carbocycles. The number of hydrogen-bond acceptors (Lipinski definition) is 3. The minimum absolute atomic E-state index is 0.0137. The first kappa shape index (κ1) is 15.3. The summed E-state index contributed by atoms with van der Waals surface area (Å²) < 4.78 is 19.5. The first-order valence-corrected chi connectivity index (χ1v) is 7.85. The average Bonchev–Trinajstić information content (AvgIpc) is 2.89. The van der Waals surface area contributed by atoms with Crippen LogP contribution in [0.15, 0.2) is 70.4 Å². The maximum atomic E-state index is 13.7. The van der Waals surface area contributed by atoms with Crippen molar-refractivity contribution in [3.05, 3.63) is 94.1 Å². The lowest BCUT2D eigenvalue weighted by Crippen LogP contribution is -2.29. The first-order chi connectivity index (χ1) is 12.1. The summed E-state index contributed by atoms with van der Waals surface area (Å²) in [5, 5.41) is 0.399. The molecule has 2 aromatic carbocycles. The zero-order valence-corrected chi connectivity index (χ0v) is 13.2. The van der Waals surface area contributed by atoms with Gasteiger partial charge in [-0.2, -0.15) is 0 Å². The molecule has 0 fully saturated rings. The Morgan fingerprint density at radius 2 is 1.96 bits per heavy atom. The third-order valence-corrected chi connectivity index (χ3v) is 4.36. The largest absolute Gasteiger partial charge is 0.450 e. The molecule has 1 amide bonds. The van der Waals surface area contributed by atoms with Crippen LogP contribution < -0.4 is 5.43 Å². The second kappa shape index (κ2) is 5.70. The Kier molecular flexibility index (Phi) is 3.50. The van der Waals surface area contributed by atoms with Gasteiger partial charge < -0.3 is 9.32 Å². The van der Waals surface area contributed by atoms with Gasteiger partial charge in [-0.25, -0.2) is 4.39 Å². The van der Waals surface area contributed by atoms with Gasteiger partial charge in [0.2, 0.25) is 5.76 Å². The van der Waals surface area contributed by atoms with Crippen LogP contribution in [0.2, 0.25) is 0 Å². The van der Waals surface area contributed by atoms with Gasteiger partial charge >= 0.3 is 0 Å². The molecule has 1 aromatic heterocycles. The Hall–Kier alpha value is -3.21. The topological polar surface area (TPSA) is 50.5 Å². The SMILES string of the molecule is C=CCN1C(=O)c2oc3ccccc3c(=O)c2[C@@H]1c1cccc(F)c1. The first-order valence-electron chi connectivity index (χ1n) is 7.85. The van der Waals surface area contributed by atoms with Gasteiger partial charge in [0, 0.05) is 6.54 Å². The Morgan fingerprint density at radius 1 is 1.16 bits per heavy atom. The number of carbonyl (C=O) groups excluding carboxylic acids is 1. The number of halogens is 1. The molecular weight excluding hydrogens is 321 g/mol. The number of carbonyl (C=O) groups is 1. The predicted molar refractivity (Wildman–Crippen MR) is 92.0 cm³/mol. The van der Waals surface area contributed by atoms with Crippen LogP contribution in [0.3, 0.4) is 0 Å². The molecule has 3 aromatic rings. The summed E-state index contributed by atoms with van der Waals surface area (Å²) in [5.74, 6) is -0.811. The monoisotopic (exact) mass is 335 g/mol. The van der Waals surface area contributed by atoms with E-state index in [2.05, 4.69) is 6.58 Å². The van der Waals surface area contributed by atoms with Crippen LogP contribution in [0.5, 0.6) is 0 Å². The standard InChI is InChI=1S/C20H14FNO3/c1-2-10-22-17(12-6-5-7-13(21)11-12)16-18(23)14-8-3-4-9-15(14)25-19(16)20(22)24/h2-9,11,17H,1,10H2/t17-/m0/s1. The predicted octanol–water partition coefficient (Wildman–Crippen LogP) is 3.66. The highest BCUT2D eigenvalue weighted by atomic mass is 19.1. The summed E-state index contributed by atoms with van der Waals surface area (Å²) in [6, 6.07) is 12.0. The Labute approximate surface area is 142 Å². The van der Waals surface area contributed by atoms with Crippen LogP contribution in [-0.2, 0) is 0 Å². The third-order valence-electron chi connectivity index (χ3n) is 4.36. The van der Waals surface area contributed by atoms with Gasteiger partial charge in [0.15, 0.2) is 5.43 Å². The van der Waals surface area contributed by atoms with E-state index in [0.717, 1.165) is 0 Å². The molecule has 4 nitrogen and oxygen atoms in total. The van der Waals surface area contributed by atoms with Gasteiger partial charge in [0.1, 0.15) is 11.4 Å². The molecule has 1 atom stereocenters. The summed E-state index contributed by atoms with van der Waals surface area (Å²) in [5.41, 5.74) is 0.858. The lowest BCUT2D eigenvalue weighted by atomic mass is 9.98. The molecule has 0 saturated carbocycles. The van der Waals surface area contributed by atoms with Crippen molar-refractivity contribution in [2.75, 3.05) is 6.54 Å². The molecule has 25 heavy (non-hydrogen) atoms. The molecule has 0 N–H and O–H groups in total. The van der Waals surface area contributed by atoms with Crippen LogP contribution in [0.1, 0.15) is 27.7 Å². The molecule has 0 saturated heterocycles. The fourth-order valence-corrected chi connectivity index (χ4v) is 3.32. The van der Waals surface area contributed by atoms with Crippen molar-refractivity contribution in [1.29, 1.82) is 0 Å². The van der Waals surface area contributed by atoms with Crippen LogP contribution in [0, 0.1) is 5.82 Å². The number of nitrogens with zero attached hydrogens (tertiary/aromatic N) is 1. The highest BCUT2D eigenvalue weighted by Crippen LogP contribution is 2.38. The lowest BCUT2D eigenvalue weighted by molar-refractivity contribution is 0.0748. The third kappa shape index (κ3) is 2.28. The van der Waals surface area contributed by atoms with Gasteiger partial charge in [-0.15, -0.1) is 6.58 Å². The molecule has 1 aliphatic rings. The van der Waals surface area contributed by atoms with Crippen molar-refractivity contribution in [1.82, 2.24) is 4.90 Å². The van der Waals surface area contributed by atoms with Gasteiger partial charge in [-0.3, -0.25) is 9.59 Å². The summed E-state index contributed by atoms with van der Waals surface area (Å²) >= 11 is 0. The van der Waals surface area contributed by atoms with E-state index >= 15 is 0 Å². The Balaban J connectivity index is 2.04. The van der Waals surface area contributed by atoms with E-state index in [-0.39, 0.29) is 23.3 Å². The molecule has 0 bridgehead atoms. The van der Waals surface area contributed by atoms with E-state index in [1.807, 2.05) is 0 Å². The smallest absolute Gasteiger partial charge is 0.291 e. The molecule has 0 radical (unpaired) electrons. The van der Waals surface area contributed by atoms with E-state index in [1.54, 1.807) is 42.5 Å². The molecule has 4 rings (SSSR count). The zero-order valence-electron chi connectivity index (χ0n) is 13.2. The fraction of sp³-hybridized carbons (Fsp3) is 0.100. The highest BCUT2D eigenvalue weighted by molar-refractivity contribution is 5.99. The fourth-order valence-electron chi connectivity index (χ4n) is 3.32. The van der Waals surface area contributed by atoms with E-state index in [4.69, 9.17) is 4.42 Å². The minimum atomic E-state index is -0.697. The lowest BCUT2D eigenvalue weighted by Gasteiger charge is -2.23. The highest BCUT2D eigenvalue weighted by Gasteiger charge is 2.42. The van der Waals surface area contributed by atoms with Crippen molar-refractivity contribution >= 4 is 16.9 Å². The number of amides is 1. The Bertz CT molecular complexity index is 1070. The second-order valence-corrected chi connectivity index (χ2v) is 5.87. The molecule has 2 heterocycles. The normalized spacial score (nSPS) is 16.3.